The van der Waals surface area contributed by atoms with Crippen molar-refractivity contribution in [1.29, 1.82) is 0 Å². The number of pyridine rings is 1. The Labute approximate surface area is 178 Å². The summed E-state index contributed by atoms with van der Waals surface area (Å²) in [5.74, 6) is 6.28. The molecular weight excluding hydrogens is 422 g/mol. The maximum Gasteiger partial charge on any atom is 0.244 e. The van der Waals surface area contributed by atoms with Gasteiger partial charge >= 0.3 is 0 Å². The highest BCUT2D eigenvalue weighted by molar-refractivity contribution is 7.93. The van der Waals surface area contributed by atoms with Crippen molar-refractivity contribution in [2.75, 3.05) is 43.6 Å². The van der Waals surface area contributed by atoms with E-state index in [4.69, 9.17) is 5.73 Å². The first-order chi connectivity index (χ1) is 14.2. The zero-order valence-electron chi connectivity index (χ0n) is 17.1. The minimum atomic E-state index is -3.69. The van der Waals surface area contributed by atoms with Crippen molar-refractivity contribution < 1.29 is 12.6 Å². The summed E-state index contributed by atoms with van der Waals surface area (Å²) in [5, 5.41) is 0. The molecular formula is C20H25N5O3S2. The fraction of sp³-hybridized carbons (Fsp3) is 0.350. The van der Waals surface area contributed by atoms with Crippen molar-refractivity contribution in [3.63, 3.8) is 0 Å². The van der Waals surface area contributed by atoms with Crippen LogP contribution in [0.4, 0.5) is 11.5 Å². The number of piperazine rings is 1. The number of nitrogens with zero attached hydrogens (tertiary/aromatic N) is 4. The van der Waals surface area contributed by atoms with E-state index < -0.39 is 19.8 Å². The van der Waals surface area contributed by atoms with E-state index >= 15 is 0 Å². The molecule has 2 atom stereocenters. The number of nitrogens with two attached hydrogens (primary N) is 1. The largest absolute Gasteiger partial charge is 0.384 e. The topological polar surface area (TPSA) is 109 Å². The lowest BCUT2D eigenvalue weighted by Crippen LogP contribution is -2.54. The van der Waals surface area contributed by atoms with Gasteiger partial charge in [-0.25, -0.2) is 22.0 Å². The molecule has 1 fully saturated rings. The van der Waals surface area contributed by atoms with Crippen LogP contribution < -0.4 is 10.6 Å². The van der Waals surface area contributed by atoms with E-state index in [0.717, 1.165) is 5.69 Å². The Bertz CT molecular complexity index is 1190. The number of hydrogen-bond donors (Lipinski definition) is 1. The van der Waals surface area contributed by atoms with Crippen molar-refractivity contribution in [3.8, 4) is 11.8 Å². The van der Waals surface area contributed by atoms with Crippen LogP contribution in [0.3, 0.4) is 0 Å². The summed E-state index contributed by atoms with van der Waals surface area (Å²) in [6.07, 6.45) is 2.88. The second-order valence-corrected chi connectivity index (χ2v) is 11.2. The highest BCUT2D eigenvalue weighted by Gasteiger charge is 2.34. The quantitative estimate of drug-likeness (QED) is 0.714. The molecule has 0 saturated carbocycles. The third-order valence-electron chi connectivity index (χ3n) is 5.01. The van der Waals surface area contributed by atoms with Crippen LogP contribution in [-0.2, 0) is 19.8 Å². The van der Waals surface area contributed by atoms with Crippen LogP contribution in [0.15, 0.2) is 56.7 Å². The number of anilines is 2. The molecule has 0 spiro atoms. The summed E-state index contributed by atoms with van der Waals surface area (Å²) in [7, 11) is -4.56. The van der Waals surface area contributed by atoms with Gasteiger partial charge in [0.05, 0.1) is 9.73 Å². The van der Waals surface area contributed by atoms with Gasteiger partial charge in [0.2, 0.25) is 10.0 Å². The molecule has 1 aliphatic rings. The zero-order valence-corrected chi connectivity index (χ0v) is 18.8. The maximum absolute atomic E-state index is 13.0. The molecule has 0 bridgehead atoms. The number of aromatic nitrogens is 1. The van der Waals surface area contributed by atoms with Gasteiger partial charge in [0.15, 0.2) is 0 Å². The molecule has 2 aromatic rings. The third-order valence-corrected chi connectivity index (χ3v) is 8.70. The summed E-state index contributed by atoms with van der Waals surface area (Å²) < 4.78 is 43.8. The minimum Gasteiger partial charge on any atom is -0.384 e. The maximum atomic E-state index is 13.0. The SMILES string of the molecule is CC#C[C@H]1CN(S(=O)(=O)c2ccc(N)nc2)CCN1c1ccc(S(C)(=O)=NC)cc1. The number of rotatable bonds is 4. The summed E-state index contributed by atoms with van der Waals surface area (Å²) >= 11 is 0. The monoisotopic (exact) mass is 447 g/mol. The molecule has 0 amide bonds. The van der Waals surface area contributed by atoms with Gasteiger partial charge in [0.1, 0.15) is 16.8 Å². The Morgan fingerprint density at radius 3 is 2.33 bits per heavy atom. The molecule has 0 radical (unpaired) electrons. The lowest BCUT2D eigenvalue weighted by Gasteiger charge is -2.39. The van der Waals surface area contributed by atoms with E-state index in [1.807, 2.05) is 12.1 Å². The first-order valence-electron chi connectivity index (χ1n) is 9.30. The average Bonchev–Trinajstić information content (AvgIpc) is 2.74. The molecule has 1 aliphatic heterocycles. The van der Waals surface area contributed by atoms with E-state index in [1.165, 1.54) is 22.6 Å². The van der Waals surface area contributed by atoms with Crippen molar-refractivity contribution in [3.05, 3.63) is 42.6 Å². The highest BCUT2D eigenvalue weighted by atomic mass is 32.2. The number of hydrogen-bond acceptors (Lipinski definition) is 7. The van der Waals surface area contributed by atoms with Crippen molar-refractivity contribution in [2.45, 2.75) is 22.8 Å². The number of sulfonamides is 1. The lowest BCUT2D eigenvalue weighted by atomic mass is 10.1. The molecule has 2 N–H and O–H groups in total. The van der Waals surface area contributed by atoms with Gasteiger partial charge in [-0.2, -0.15) is 4.31 Å². The summed E-state index contributed by atoms with van der Waals surface area (Å²) in [4.78, 5) is 6.73. The number of nitrogen functional groups attached to an aromatic ring is 1. The Kier molecular flexibility index (Phi) is 6.36. The molecule has 30 heavy (non-hydrogen) atoms. The highest BCUT2D eigenvalue weighted by Crippen LogP contribution is 2.26. The summed E-state index contributed by atoms with van der Waals surface area (Å²) in [6, 6.07) is 9.97. The van der Waals surface area contributed by atoms with E-state index in [1.54, 1.807) is 32.4 Å². The van der Waals surface area contributed by atoms with Crippen LogP contribution in [0.1, 0.15) is 6.92 Å². The first-order valence-corrected chi connectivity index (χ1v) is 12.7. The van der Waals surface area contributed by atoms with Crippen LogP contribution in [-0.4, -0.2) is 60.9 Å². The summed E-state index contributed by atoms with van der Waals surface area (Å²) in [6.45, 7) is 2.74. The fourth-order valence-electron chi connectivity index (χ4n) is 3.26. The standard InChI is InChI=1S/C20H25N5O3S2/c1-4-5-17-15-24(30(27,28)19-10-11-20(21)23-14-19)12-13-25(17)16-6-8-18(9-7-16)29(3,26)22-2/h6-11,14,17H,12-13,15H2,1-3H3,(H2,21,23)/t17-,29?/m0/s1. The average molecular weight is 448 g/mol. The van der Waals surface area contributed by atoms with Crippen molar-refractivity contribution >= 4 is 31.3 Å². The Morgan fingerprint density at radius 2 is 1.77 bits per heavy atom. The predicted molar refractivity (Wildman–Crippen MR) is 119 cm³/mol. The van der Waals surface area contributed by atoms with Crippen LogP contribution in [0.2, 0.25) is 0 Å². The van der Waals surface area contributed by atoms with Crippen LogP contribution in [0.25, 0.3) is 0 Å². The molecule has 2 heterocycles. The molecule has 0 aliphatic carbocycles. The van der Waals surface area contributed by atoms with Gasteiger partial charge in [-0.1, -0.05) is 5.92 Å². The van der Waals surface area contributed by atoms with Gasteiger partial charge in [0, 0.05) is 49.7 Å². The van der Waals surface area contributed by atoms with E-state index in [9.17, 15) is 12.6 Å². The summed E-state index contributed by atoms with van der Waals surface area (Å²) in [5.41, 5.74) is 6.46. The fourth-order valence-corrected chi connectivity index (χ4v) is 5.50. The van der Waals surface area contributed by atoms with Crippen LogP contribution in [0.5, 0.6) is 0 Å². The molecule has 3 rings (SSSR count). The van der Waals surface area contributed by atoms with E-state index in [0.29, 0.717) is 18.0 Å². The lowest BCUT2D eigenvalue weighted by molar-refractivity contribution is 0.360. The molecule has 160 valence electrons. The molecule has 1 aromatic heterocycles. The molecule has 10 heteroatoms. The van der Waals surface area contributed by atoms with Crippen molar-refractivity contribution in [2.24, 2.45) is 4.36 Å². The smallest absolute Gasteiger partial charge is 0.244 e. The Morgan fingerprint density at radius 1 is 1.10 bits per heavy atom. The van der Waals surface area contributed by atoms with Gasteiger partial charge < -0.3 is 10.6 Å². The predicted octanol–water partition coefficient (Wildman–Crippen LogP) is 1.65. The molecule has 8 nitrogen and oxygen atoms in total. The van der Waals surface area contributed by atoms with Crippen LogP contribution >= 0.6 is 0 Å². The van der Waals surface area contributed by atoms with Gasteiger partial charge in [-0.3, -0.25) is 0 Å². The minimum absolute atomic E-state index is 0.110. The van der Waals surface area contributed by atoms with Crippen LogP contribution in [0, 0.1) is 11.8 Å². The van der Waals surface area contributed by atoms with Gasteiger partial charge in [0.25, 0.3) is 0 Å². The molecule has 1 saturated heterocycles. The molecule has 1 aromatic carbocycles. The van der Waals surface area contributed by atoms with E-state index in [-0.39, 0.29) is 23.3 Å². The Hall–Kier alpha value is -2.61. The van der Waals surface area contributed by atoms with Crippen molar-refractivity contribution in [1.82, 2.24) is 9.29 Å². The normalized spacial score (nSPS) is 19.4. The first kappa shape index (κ1) is 22.1. The Balaban J connectivity index is 1.86. The zero-order chi connectivity index (χ0) is 21.9. The third kappa shape index (κ3) is 4.43. The second-order valence-electron chi connectivity index (χ2n) is 6.86. The van der Waals surface area contributed by atoms with Gasteiger partial charge in [-0.05, 0) is 43.3 Å². The number of benzene rings is 1. The van der Waals surface area contributed by atoms with E-state index in [2.05, 4.69) is 26.1 Å². The second kappa shape index (κ2) is 8.63. The molecule has 1 unspecified atom stereocenters. The van der Waals surface area contributed by atoms with Gasteiger partial charge in [-0.15, -0.1) is 5.92 Å².